The van der Waals surface area contributed by atoms with Crippen molar-refractivity contribution in [3.63, 3.8) is 0 Å². The first-order valence-electron chi connectivity index (χ1n) is 9.51. The third kappa shape index (κ3) is 5.70. The fraction of sp³-hybridized carbons (Fsp3) is 0.318. The molecule has 2 aromatic carbocycles. The Balaban J connectivity index is 1.60. The number of nitrogens with one attached hydrogen (secondary N) is 1. The van der Waals surface area contributed by atoms with Crippen LogP contribution in [0, 0.1) is 6.92 Å². The quantitative estimate of drug-likeness (QED) is 0.411. The number of para-hydroxylation sites is 1. The fourth-order valence-electron chi connectivity index (χ4n) is 2.71. The molecule has 0 aliphatic carbocycles. The van der Waals surface area contributed by atoms with E-state index in [0.29, 0.717) is 18.2 Å². The number of benzene rings is 2. The van der Waals surface area contributed by atoms with Gasteiger partial charge in [0.05, 0.1) is 18.1 Å². The predicted octanol–water partition coefficient (Wildman–Crippen LogP) is 4.34. The Morgan fingerprint density at radius 1 is 1.18 bits per heavy atom. The molecule has 1 aliphatic rings. The van der Waals surface area contributed by atoms with E-state index in [-0.39, 0.29) is 11.2 Å². The van der Waals surface area contributed by atoms with Gasteiger partial charge in [-0.25, -0.2) is 0 Å². The van der Waals surface area contributed by atoms with Gasteiger partial charge in [-0.05, 0) is 37.5 Å². The number of nitrogens with zero attached hydrogens (tertiary/aromatic N) is 2. The van der Waals surface area contributed by atoms with Crippen molar-refractivity contribution in [2.75, 3.05) is 6.61 Å². The Morgan fingerprint density at radius 2 is 1.96 bits per heavy atom. The number of amides is 1. The summed E-state index contributed by atoms with van der Waals surface area (Å²) < 4.78 is 5.79. The van der Waals surface area contributed by atoms with Crippen LogP contribution in [-0.4, -0.2) is 29.1 Å². The predicted molar refractivity (Wildman–Crippen MR) is 116 cm³/mol. The molecule has 1 atom stereocenters. The van der Waals surface area contributed by atoms with Crippen molar-refractivity contribution >= 4 is 29.1 Å². The minimum Gasteiger partial charge on any atom is -0.493 e. The zero-order valence-electron chi connectivity index (χ0n) is 16.2. The van der Waals surface area contributed by atoms with Gasteiger partial charge in [0.25, 0.3) is 0 Å². The zero-order valence-corrected chi connectivity index (χ0v) is 17.0. The maximum Gasteiger partial charge on any atom is 0.239 e. The third-order valence-corrected chi connectivity index (χ3v) is 5.41. The molecule has 2 aromatic rings. The standard InChI is InChI=1S/C22H25N3O2S/c1-3-4-13-27-19-8-6-5-7-18(19)15-23-25-22-24-21(26)20(28-22)14-17-11-9-16(2)10-12-17/h5-12,15,20H,3-4,13-14H2,1-2H3,(H,24,25,26)/b23-15+. The van der Waals surface area contributed by atoms with E-state index in [1.54, 1.807) is 6.21 Å². The molecular weight excluding hydrogens is 370 g/mol. The van der Waals surface area contributed by atoms with Crippen molar-refractivity contribution in [1.82, 2.24) is 5.32 Å². The second-order valence-electron chi connectivity index (χ2n) is 6.68. The lowest BCUT2D eigenvalue weighted by molar-refractivity contribution is -0.118. The summed E-state index contributed by atoms with van der Waals surface area (Å²) in [5.41, 5.74) is 3.22. The average molecular weight is 396 g/mol. The molecule has 6 heteroatoms. The molecule has 1 amide bonds. The molecule has 0 spiro atoms. The number of carbonyl (C=O) groups is 1. The number of aryl methyl sites for hydroxylation is 1. The fourth-order valence-corrected chi connectivity index (χ4v) is 3.68. The molecule has 1 aliphatic heterocycles. The van der Waals surface area contributed by atoms with Gasteiger partial charge >= 0.3 is 0 Å². The zero-order chi connectivity index (χ0) is 19.8. The van der Waals surface area contributed by atoms with Gasteiger partial charge in [-0.2, -0.15) is 5.10 Å². The maximum absolute atomic E-state index is 12.2. The summed E-state index contributed by atoms with van der Waals surface area (Å²) in [4.78, 5) is 12.2. The van der Waals surface area contributed by atoms with Crippen molar-refractivity contribution in [2.24, 2.45) is 10.2 Å². The van der Waals surface area contributed by atoms with Crippen LogP contribution in [0.25, 0.3) is 0 Å². The molecule has 5 nitrogen and oxygen atoms in total. The van der Waals surface area contributed by atoms with Crippen LogP contribution in [0.2, 0.25) is 0 Å². The highest BCUT2D eigenvalue weighted by Crippen LogP contribution is 2.23. The van der Waals surface area contributed by atoms with Crippen molar-refractivity contribution in [2.45, 2.75) is 38.4 Å². The maximum atomic E-state index is 12.2. The molecule has 1 heterocycles. The first-order chi connectivity index (χ1) is 13.7. The van der Waals surface area contributed by atoms with E-state index in [1.165, 1.54) is 17.3 Å². The number of thioether (sulfide) groups is 1. The van der Waals surface area contributed by atoms with Gasteiger partial charge < -0.3 is 10.1 Å². The Hall–Kier alpha value is -2.60. The second-order valence-corrected chi connectivity index (χ2v) is 7.87. The molecule has 0 aromatic heterocycles. The number of carbonyl (C=O) groups excluding carboxylic acids is 1. The monoisotopic (exact) mass is 395 g/mol. The van der Waals surface area contributed by atoms with Crippen LogP contribution >= 0.6 is 11.8 Å². The molecule has 1 fully saturated rings. The number of hydrogen-bond donors (Lipinski definition) is 1. The van der Waals surface area contributed by atoms with E-state index in [9.17, 15) is 4.79 Å². The Morgan fingerprint density at radius 3 is 2.75 bits per heavy atom. The molecule has 0 saturated carbocycles. The summed E-state index contributed by atoms with van der Waals surface area (Å²) >= 11 is 1.42. The number of amidine groups is 1. The number of unbranched alkanes of at least 4 members (excludes halogenated alkanes) is 1. The normalized spacial score (nSPS) is 18.0. The topological polar surface area (TPSA) is 63.1 Å². The van der Waals surface area contributed by atoms with Crippen LogP contribution in [0.3, 0.4) is 0 Å². The summed E-state index contributed by atoms with van der Waals surface area (Å²) in [6.07, 6.45) is 4.44. The number of hydrogen-bond acceptors (Lipinski definition) is 5. The summed E-state index contributed by atoms with van der Waals surface area (Å²) in [5.74, 6) is 0.767. The second kappa shape index (κ2) is 10.1. The highest BCUT2D eigenvalue weighted by atomic mass is 32.2. The molecule has 3 rings (SSSR count). The van der Waals surface area contributed by atoms with Crippen molar-refractivity contribution in [3.05, 3.63) is 65.2 Å². The van der Waals surface area contributed by atoms with Crippen molar-refractivity contribution < 1.29 is 9.53 Å². The van der Waals surface area contributed by atoms with Crippen LogP contribution in [-0.2, 0) is 11.2 Å². The lowest BCUT2D eigenvalue weighted by Crippen LogP contribution is -2.25. The van der Waals surface area contributed by atoms with E-state index >= 15 is 0 Å². The van der Waals surface area contributed by atoms with E-state index in [2.05, 4.69) is 53.6 Å². The highest BCUT2D eigenvalue weighted by Gasteiger charge is 2.30. The van der Waals surface area contributed by atoms with Gasteiger partial charge in [0.1, 0.15) is 5.75 Å². The van der Waals surface area contributed by atoms with Gasteiger partial charge in [-0.1, -0.05) is 67.1 Å². The average Bonchev–Trinajstić information content (AvgIpc) is 3.04. The van der Waals surface area contributed by atoms with Crippen molar-refractivity contribution in [1.29, 1.82) is 0 Å². The molecule has 0 bridgehead atoms. The Kier molecular flexibility index (Phi) is 7.25. The molecule has 1 saturated heterocycles. The van der Waals surface area contributed by atoms with Crippen molar-refractivity contribution in [3.8, 4) is 5.75 Å². The Bertz CT molecular complexity index is 862. The minimum absolute atomic E-state index is 0.0252. The van der Waals surface area contributed by atoms with Crippen LogP contribution in [0.4, 0.5) is 0 Å². The van der Waals surface area contributed by atoms with Gasteiger partial charge in [-0.15, -0.1) is 5.10 Å². The number of ether oxygens (including phenoxy) is 1. The SMILES string of the molecule is CCCCOc1ccccc1/C=N/N=C1\NC(=O)C(Cc2ccc(C)cc2)S1. The lowest BCUT2D eigenvalue weighted by atomic mass is 10.1. The smallest absolute Gasteiger partial charge is 0.239 e. The van der Waals surface area contributed by atoms with Crippen LogP contribution < -0.4 is 10.1 Å². The van der Waals surface area contributed by atoms with Gasteiger partial charge in [0.15, 0.2) is 5.17 Å². The minimum atomic E-state index is -0.179. The largest absolute Gasteiger partial charge is 0.493 e. The van der Waals surface area contributed by atoms with Gasteiger partial charge in [0.2, 0.25) is 5.91 Å². The molecule has 28 heavy (non-hydrogen) atoms. The van der Waals surface area contributed by atoms with Gasteiger partial charge in [0, 0.05) is 5.56 Å². The first kappa shape index (κ1) is 20.1. The van der Waals surface area contributed by atoms with E-state index < -0.39 is 0 Å². The third-order valence-electron chi connectivity index (χ3n) is 4.34. The van der Waals surface area contributed by atoms with E-state index in [4.69, 9.17) is 4.74 Å². The summed E-state index contributed by atoms with van der Waals surface area (Å²) in [6.45, 7) is 4.87. The van der Waals surface area contributed by atoms with E-state index in [0.717, 1.165) is 29.7 Å². The summed E-state index contributed by atoms with van der Waals surface area (Å²) in [5, 5.41) is 11.5. The van der Waals surface area contributed by atoms with Gasteiger partial charge in [-0.3, -0.25) is 4.79 Å². The first-order valence-corrected chi connectivity index (χ1v) is 10.4. The Labute approximate surface area is 170 Å². The number of rotatable bonds is 8. The van der Waals surface area contributed by atoms with Crippen LogP contribution in [0.5, 0.6) is 5.75 Å². The summed E-state index contributed by atoms with van der Waals surface area (Å²) in [7, 11) is 0. The molecule has 1 N–H and O–H groups in total. The van der Waals surface area contributed by atoms with E-state index in [1.807, 2.05) is 24.3 Å². The molecule has 1 unspecified atom stereocenters. The molecule has 0 radical (unpaired) electrons. The molecular formula is C22H25N3O2S. The lowest BCUT2D eigenvalue weighted by Gasteiger charge is -2.07. The molecule has 146 valence electrons. The van der Waals surface area contributed by atoms with Crippen LogP contribution in [0.1, 0.15) is 36.5 Å². The van der Waals surface area contributed by atoms with Crippen LogP contribution in [0.15, 0.2) is 58.7 Å². The summed E-state index contributed by atoms with van der Waals surface area (Å²) in [6, 6.07) is 16.0. The highest BCUT2D eigenvalue weighted by molar-refractivity contribution is 8.15.